The molecule has 2 atom stereocenters. The van der Waals surface area contributed by atoms with E-state index >= 15 is 0 Å². The quantitative estimate of drug-likeness (QED) is 0.800. The van der Waals surface area contributed by atoms with Crippen LogP contribution in [0.15, 0.2) is 24.3 Å². The van der Waals surface area contributed by atoms with E-state index in [0.29, 0.717) is 6.54 Å². The van der Waals surface area contributed by atoms with Crippen molar-refractivity contribution in [3.63, 3.8) is 0 Å². The van der Waals surface area contributed by atoms with E-state index in [0.717, 1.165) is 17.9 Å². The lowest BCUT2D eigenvalue weighted by Crippen LogP contribution is -2.50. The number of likely N-dealkylation sites (tertiary alicyclic amines) is 1. The molecule has 1 fully saturated rings. The van der Waals surface area contributed by atoms with Gasteiger partial charge in [-0.25, -0.2) is 9.18 Å². The van der Waals surface area contributed by atoms with E-state index in [-0.39, 0.29) is 18.9 Å². The van der Waals surface area contributed by atoms with E-state index < -0.39 is 11.6 Å². The van der Waals surface area contributed by atoms with Crippen molar-refractivity contribution in [2.45, 2.75) is 38.0 Å². The molecular weight excluding hydrogens is 273 g/mol. The third-order valence-electron chi connectivity index (χ3n) is 4.13. The SMILES string of the molecule is COC(=O)[C@@]1(F)CCN(Cc2ccc(OC)cc2)[C@H](C)C1. The van der Waals surface area contributed by atoms with E-state index in [1.807, 2.05) is 31.2 Å². The Kier molecular flexibility index (Phi) is 4.83. The molecule has 1 aromatic rings. The van der Waals surface area contributed by atoms with Crippen molar-refractivity contribution in [1.82, 2.24) is 4.90 Å². The first-order chi connectivity index (χ1) is 9.98. The van der Waals surface area contributed by atoms with Gasteiger partial charge in [0, 0.05) is 32.0 Å². The van der Waals surface area contributed by atoms with Gasteiger partial charge in [-0.3, -0.25) is 4.90 Å². The number of benzene rings is 1. The average molecular weight is 295 g/mol. The largest absolute Gasteiger partial charge is 0.497 e. The number of nitrogens with zero attached hydrogens (tertiary/aromatic N) is 1. The molecule has 2 rings (SSSR count). The van der Waals surface area contributed by atoms with Gasteiger partial charge in [0.15, 0.2) is 0 Å². The van der Waals surface area contributed by atoms with Gasteiger partial charge < -0.3 is 9.47 Å². The summed E-state index contributed by atoms with van der Waals surface area (Å²) in [6.07, 6.45) is 0.357. The summed E-state index contributed by atoms with van der Waals surface area (Å²) in [6.45, 7) is 3.22. The lowest BCUT2D eigenvalue weighted by Gasteiger charge is -2.39. The molecule has 0 bridgehead atoms. The predicted molar refractivity (Wildman–Crippen MR) is 78.0 cm³/mol. The van der Waals surface area contributed by atoms with Crippen LogP contribution < -0.4 is 4.74 Å². The first kappa shape index (κ1) is 15.8. The fourth-order valence-electron chi connectivity index (χ4n) is 2.81. The molecule has 1 aliphatic rings. The Morgan fingerprint density at radius 3 is 2.57 bits per heavy atom. The first-order valence-electron chi connectivity index (χ1n) is 7.13. The number of ether oxygens (including phenoxy) is 2. The zero-order chi connectivity index (χ0) is 15.5. The van der Waals surface area contributed by atoms with Crippen LogP contribution >= 0.6 is 0 Å². The molecule has 1 aromatic carbocycles. The second kappa shape index (κ2) is 6.43. The van der Waals surface area contributed by atoms with Crippen LogP contribution in [0.5, 0.6) is 5.75 Å². The maximum atomic E-state index is 14.5. The smallest absolute Gasteiger partial charge is 0.343 e. The molecule has 4 nitrogen and oxygen atoms in total. The van der Waals surface area contributed by atoms with Crippen molar-refractivity contribution in [3.8, 4) is 5.75 Å². The summed E-state index contributed by atoms with van der Waals surface area (Å²) in [4.78, 5) is 13.7. The van der Waals surface area contributed by atoms with E-state index in [4.69, 9.17) is 4.74 Å². The van der Waals surface area contributed by atoms with Crippen LogP contribution in [0.2, 0.25) is 0 Å². The van der Waals surface area contributed by atoms with Crippen LogP contribution in [-0.4, -0.2) is 43.3 Å². The predicted octanol–water partition coefficient (Wildman–Crippen LogP) is 2.56. The van der Waals surface area contributed by atoms with Crippen molar-refractivity contribution in [3.05, 3.63) is 29.8 Å². The number of hydrogen-bond donors (Lipinski definition) is 0. The topological polar surface area (TPSA) is 38.8 Å². The highest BCUT2D eigenvalue weighted by molar-refractivity contribution is 5.79. The fraction of sp³-hybridized carbons (Fsp3) is 0.562. The highest BCUT2D eigenvalue weighted by Crippen LogP contribution is 2.32. The van der Waals surface area contributed by atoms with E-state index in [1.165, 1.54) is 7.11 Å². The third kappa shape index (κ3) is 3.53. The first-order valence-corrected chi connectivity index (χ1v) is 7.13. The Labute approximate surface area is 124 Å². The Bertz CT molecular complexity index is 491. The van der Waals surface area contributed by atoms with Gasteiger partial charge in [0.1, 0.15) is 5.75 Å². The molecule has 1 aliphatic heterocycles. The third-order valence-corrected chi connectivity index (χ3v) is 4.13. The average Bonchev–Trinajstić information content (AvgIpc) is 2.50. The molecule has 0 N–H and O–H groups in total. The Balaban J connectivity index is 1.98. The van der Waals surface area contributed by atoms with E-state index in [1.54, 1.807) is 7.11 Å². The Hall–Kier alpha value is -1.62. The van der Waals surface area contributed by atoms with Gasteiger partial charge in [0.25, 0.3) is 0 Å². The number of esters is 1. The normalized spacial score (nSPS) is 26.4. The van der Waals surface area contributed by atoms with Gasteiger partial charge in [-0.15, -0.1) is 0 Å². The maximum Gasteiger partial charge on any atom is 0.343 e. The maximum absolute atomic E-state index is 14.5. The monoisotopic (exact) mass is 295 g/mol. The highest BCUT2D eigenvalue weighted by atomic mass is 19.1. The number of carbonyl (C=O) groups is 1. The second-order valence-corrected chi connectivity index (χ2v) is 5.58. The summed E-state index contributed by atoms with van der Waals surface area (Å²) in [7, 11) is 2.87. The number of methoxy groups -OCH3 is 2. The molecule has 1 heterocycles. The number of carbonyl (C=O) groups excluding carboxylic acids is 1. The Morgan fingerprint density at radius 1 is 1.38 bits per heavy atom. The van der Waals surface area contributed by atoms with E-state index in [2.05, 4.69) is 9.64 Å². The lowest BCUT2D eigenvalue weighted by molar-refractivity contribution is -0.159. The van der Waals surface area contributed by atoms with Crippen LogP contribution in [0.4, 0.5) is 4.39 Å². The summed E-state index contributed by atoms with van der Waals surface area (Å²) in [5.74, 6) is 0.0670. The molecule has 1 saturated heterocycles. The van der Waals surface area contributed by atoms with Gasteiger partial charge in [-0.1, -0.05) is 12.1 Å². The minimum Gasteiger partial charge on any atom is -0.497 e. The van der Waals surface area contributed by atoms with Crippen molar-refractivity contribution in [2.24, 2.45) is 0 Å². The molecule has 0 spiro atoms. The van der Waals surface area contributed by atoms with Crippen LogP contribution in [-0.2, 0) is 16.1 Å². The van der Waals surface area contributed by atoms with Crippen molar-refractivity contribution in [2.75, 3.05) is 20.8 Å². The van der Waals surface area contributed by atoms with Gasteiger partial charge >= 0.3 is 5.97 Å². The Morgan fingerprint density at radius 2 is 2.05 bits per heavy atom. The molecule has 0 radical (unpaired) electrons. The number of alkyl halides is 1. The second-order valence-electron chi connectivity index (χ2n) is 5.58. The van der Waals surface area contributed by atoms with Crippen LogP contribution in [0.1, 0.15) is 25.3 Å². The van der Waals surface area contributed by atoms with Crippen LogP contribution in [0, 0.1) is 0 Å². The molecule has 0 saturated carbocycles. The standard InChI is InChI=1S/C16H22FNO3/c1-12-10-16(17,15(19)21-3)8-9-18(12)11-13-4-6-14(20-2)7-5-13/h4-7,12H,8-11H2,1-3H3/t12-,16-/m1/s1. The molecule has 0 unspecified atom stereocenters. The molecule has 0 aliphatic carbocycles. The van der Waals surface area contributed by atoms with Crippen LogP contribution in [0.25, 0.3) is 0 Å². The fourth-order valence-corrected chi connectivity index (χ4v) is 2.81. The number of hydrogen-bond acceptors (Lipinski definition) is 4. The van der Waals surface area contributed by atoms with Crippen molar-refractivity contribution >= 4 is 5.97 Å². The number of halogens is 1. The van der Waals surface area contributed by atoms with Gasteiger partial charge in [-0.05, 0) is 24.6 Å². The summed E-state index contributed by atoms with van der Waals surface area (Å²) in [6, 6.07) is 7.83. The van der Waals surface area contributed by atoms with E-state index in [9.17, 15) is 9.18 Å². The van der Waals surface area contributed by atoms with Gasteiger partial charge in [0.05, 0.1) is 14.2 Å². The van der Waals surface area contributed by atoms with Crippen molar-refractivity contribution in [1.29, 1.82) is 0 Å². The number of piperidine rings is 1. The van der Waals surface area contributed by atoms with Crippen molar-refractivity contribution < 1.29 is 18.7 Å². The zero-order valence-electron chi connectivity index (χ0n) is 12.8. The number of rotatable bonds is 4. The summed E-state index contributed by atoms with van der Waals surface area (Å²) in [5, 5.41) is 0. The molecule has 0 amide bonds. The molecule has 0 aromatic heterocycles. The van der Waals surface area contributed by atoms with Crippen LogP contribution in [0.3, 0.4) is 0 Å². The zero-order valence-corrected chi connectivity index (χ0v) is 12.8. The summed E-state index contributed by atoms with van der Waals surface area (Å²) in [5.41, 5.74) is -0.697. The summed E-state index contributed by atoms with van der Waals surface area (Å²) >= 11 is 0. The molecule has 116 valence electrons. The highest BCUT2D eigenvalue weighted by Gasteiger charge is 2.45. The van der Waals surface area contributed by atoms with Gasteiger partial charge in [0.2, 0.25) is 5.67 Å². The molecule has 21 heavy (non-hydrogen) atoms. The summed E-state index contributed by atoms with van der Waals surface area (Å²) < 4.78 is 24.2. The lowest BCUT2D eigenvalue weighted by atomic mass is 9.88. The minimum absolute atomic E-state index is 0.00930. The molecule has 5 heteroatoms. The molecular formula is C16H22FNO3. The van der Waals surface area contributed by atoms with Gasteiger partial charge in [-0.2, -0.15) is 0 Å². The minimum atomic E-state index is -1.84.